The summed E-state index contributed by atoms with van der Waals surface area (Å²) < 4.78 is 10.1. The predicted octanol–water partition coefficient (Wildman–Crippen LogP) is 8.20. The minimum atomic E-state index is -0.745. The van der Waals surface area contributed by atoms with Crippen molar-refractivity contribution in [2.45, 2.75) is 149 Å². The first-order valence-electron chi connectivity index (χ1n) is 16.2. The smallest absolute Gasteiger partial charge is 0.325 e. The zero-order chi connectivity index (χ0) is 32.6. The van der Waals surface area contributed by atoms with Crippen LogP contribution in [-0.2, 0) is 35.3 Å². The van der Waals surface area contributed by atoms with E-state index in [0.29, 0.717) is 6.42 Å². The van der Waals surface area contributed by atoms with Gasteiger partial charge in [-0.05, 0) is 39.2 Å². The number of nitrogens with one attached hydrogen (secondary N) is 1. The maximum atomic E-state index is 11.8. The number of aldehydes is 1. The lowest BCUT2D eigenvalue weighted by Gasteiger charge is -2.14. The minimum absolute atomic E-state index is 0.0417. The van der Waals surface area contributed by atoms with Gasteiger partial charge < -0.3 is 24.7 Å². The van der Waals surface area contributed by atoms with E-state index in [9.17, 15) is 19.2 Å². The molecule has 248 valence electrons. The summed E-state index contributed by atoms with van der Waals surface area (Å²) in [5, 5.41) is 10.4. The van der Waals surface area contributed by atoms with Gasteiger partial charge in [-0.2, -0.15) is 0 Å². The van der Waals surface area contributed by atoms with Crippen molar-refractivity contribution in [3.05, 3.63) is 35.9 Å². The third-order valence-electron chi connectivity index (χ3n) is 6.56. The Morgan fingerprint density at radius 3 is 1.60 bits per heavy atom. The molecule has 0 heterocycles. The molecule has 0 spiro atoms. The molecule has 0 unspecified atom stereocenters. The van der Waals surface area contributed by atoms with Crippen LogP contribution in [0, 0.1) is 0 Å². The summed E-state index contributed by atoms with van der Waals surface area (Å²) in [6.45, 7) is 7.83. The predicted molar refractivity (Wildman–Crippen MR) is 174 cm³/mol. The first-order valence-corrected chi connectivity index (χ1v) is 16.2. The fourth-order valence-electron chi connectivity index (χ4n) is 3.68. The van der Waals surface area contributed by atoms with Gasteiger partial charge in [-0.1, -0.05) is 114 Å². The maximum absolute atomic E-state index is 11.8. The van der Waals surface area contributed by atoms with Crippen molar-refractivity contribution in [1.82, 2.24) is 5.32 Å². The molecule has 1 aromatic carbocycles. The third kappa shape index (κ3) is 37.2. The molecule has 1 rings (SSSR count). The fourth-order valence-corrected chi connectivity index (χ4v) is 3.68. The molecule has 0 saturated heterocycles. The summed E-state index contributed by atoms with van der Waals surface area (Å²) in [5.41, 5.74) is 0.978. The standard InChI is InChI=1S/C27H43NO4.C5H12O.C3H6O2/c29-22-18-13-11-9-7-5-3-1-2-4-6-8-10-12-17-21-26(30)28-23-27(31)32-24-25-19-15-14-16-20-25;1-5(2,3)6-4;1-2-3(4)5/h14-16,19-20,22H,1-13,17-18,21,23-24H2,(H,28,30);1-4H3;2H2,1H3,(H,4,5). The largest absolute Gasteiger partial charge is 0.481 e. The van der Waals surface area contributed by atoms with Crippen LogP contribution in [0.3, 0.4) is 0 Å². The van der Waals surface area contributed by atoms with Crippen LogP contribution >= 0.6 is 0 Å². The van der Waals surface area contributed by atoms with Crippen LogP contribution in [0.1, 0.15) is 142 Å². The molecule has 1 amide bonds. The van der Waals surface area contributed by atoms with E-state index in [-0.39, 0.29) is 31.1 Å². The second-order valence-corrected chi connectivity index (χ2v) is 11.6. The Labute approximate surface area is 261 Å². The summed E-state index contributed by atoms with van der Waals surface area (Å²) in [4.78, 5) is 43.1. The van der Waals surface area contributed by atoms with Crippen molar-refractivity contribution >= 4 is 24.1 Å². The maximum Gasteiger partial charge on any atom is 0.325 e. The van der Waals surface area contributed by atoms with Gasteiger partial charge >= 0.3 is 11.9 Å². The summed E-state index contributed by atoms with van der Waals surface area (Å²) >= 11 is 0. The van der Waals surface area contributed by atoms with Crippen molar-refractivity contribution in [3.8, 4) is 0 Å². The average molecular weight is 608 g/mol. The van der Waals surface area contributed by atoms with Crippen molar-refractivity contribution in [3.63, 3.8) is 0 Å². The SMILES string of the molecule is CCC(=O)O.COC(C)(C)C.O=CCCCCCCCCCCCCCCCCC(=O)NCC(=O)OCc1ccccc1. The topological polar surface area (TPSA) is 119 Å². The molecule has 8 nitrogen and oxygen atoms in total. The average Bonchev–Trinajstić information content (AvgIpc) is 2.99. The molecular weight excluding hydrogens is 546 g/mol. The third-order valence-corrected chi connectivity index (χ3v) is 6.56. The van der Waals surface area contributed by atoms with Gasteiger partial charge in [-0.15, -0.1) is 0 Å². The molecule has 0 aliphatic heterocycles. The van der Waals surface area contributed by atoms with Gasteiger partial charge in [0, 0.05) is 26.4 Å². The quantitative estimate of drug-likeness (QED) is 0.0774. The number of ether oxygens (including phenoxy) is 2. The number of hydrogen-bond acceptors (Lipinski definition) is 6. The number of hydrogen-bond donors (Lipinski definition) is 2. The number of unbranched alkanes of at least 4 members (excludes halogenated alkanes) is 14. The second kappa shape index (κ2) is 30.7. The second-order valence-electron chi connectivity index (χ2n) is 11.6. The first kappa shape index (κ1) is 42.4. The van der Waals surface area contributed by atoms with E-state index in [1.807, 2.05) is 51.1 Å². The number of aliphatic carboxylic acids is 1. The molecule has 2 N–H and O–H groups in total. The zero-order valence-electron chi connectivity index (χ0n) is 27.8. The number of amides is 1. The van der Waals surface area contributed by atoms with Crippen LogP contribution in [0.15, 0.2) is 30.3 Å². The molecule has 0 bridgehead atoms. The Morgan fingerprint density at radius 2 is 1.21 bits per heavy atom. The highest BCUT2D eigenvalue weighted by molar-refractivity contribution is 5.81. The number of carbonyl (C=O) groups is 4. The monoisotopic (exact) mass is 607 g/mol. The molecule has 0 radical (unpaired) electrons. The van der Waals surface area contributed by atoms with Crippen LogP contribution in [0.5, 0.6) is 0 Å². The molecule has 43 heavy (non-hydrogen) atoms. The molecule has 0 aromatic heterocycles. The van der Waals surface area contributed by atoms with Gasteiger partial charge in [-0.3, -0.25) is 14.4 Å². The van der Waals surface area contributed by atoms with Crippen LogP contribution in [-0.4, -0.2) is 48.5 Å². The Balaban J connectivity index is 0. The number of carboxylic acid groups (broad SMARTS) is 1. The number of methoxy groups -OCH3 is 1. The summed E-state index contributed by atoms with van der Waals surface area (Å²) in [7, 11) is 1.71. The van der Waals surface area contributed by atoms with Crippen LogP contribution in [0.4, 0.5) is 0 Å². The van der Waals surface area contributed by atoms with Crippen LogP contribution in [0.2, 0.25) is 0 Å². The van der Waals surface area contributed by atoms with E-state index in [0.717, 1.165) is 37.5 Å². The van der Waals surface area contributed by atoms with Gasteiger partial charge in [0.15, 0.2) is 0 Å². The van der Waals surface area contributed by atoms with Crippen molar-refractivity contribution in [1.29, 1.82) is 0 Å². The number of carbonyl (C=O) groups excluding carboxylic acids is 3. The highest BCUT2D eigenvalue weighted by Gasteiger charge is 2.07. The van der Waals surface area contributed by atoms with Crippen molar-refractivity contribution in [2.75, 3.05) is 13.7 Å². The van der Waals surface area contributed by atoms with E-state index in [2.05, 4.69) is 5.32 Å². The Hall–Kier alpha value is -2.74. The molecule has 0 fully saturated rings. The number of carboxylic acids is 1. The molecule has 8 heteroatoms. The minimum Gasteiger partial charge on any atom is -0.481 e. The van der Waals surface area contributed by atoms with E-state index in [1.165, 1.54) is 70.6 Å². The van der Waals surface area contributed by atoms with E-state index in [4.69, 9.17) is 14.6 Å². The lowest BCUT2D eigenvalue weighted by Crippen LogP contribution is -2.30. The molecule has 0 aliphatic carbocycles. The van der Waals surface area contributed by atoms with Gasteiger partial charge in [-0.25, -0.2) is 0 Å². The molecule has 0 saturated carbocycles. The van der Waals surface area contributed by atoms with Crippen LogP contribution in [0.25, 0.3) is 0 Å². The number of esters is 1. The highest BCUT2D eigenvalue weighted by Crippen LogP contribution is 2.13. The van der Waals surface area contributed by atoms with E-state index >= 15 is 0 Å². The van der Waals surface area contributed by atoms with Crippen molar-refractivity contribution in [2.24, 2.45) is 0 Å². The zero-order valence-corrected chi connectivity index (χ0v) is 27.8. The van der Waals surface area contributed by atoms with Gasteiger partial charge in [0.05, 0.1) is 5.60 Å². The molecule has 1 aromatic rings. The van der Waals surface area contributed by atoms with Gasteiger partial charge in [0.2, 0.25) is 5.91 Å². The molecule has 0 atom stereocenters. The van der Waals surface area contributed by atoms with E-state index in [1.54, 1.807) is 14.0 Å². The number of rotatable bonds is 22. The molecule has 0 aliphatic rings. The first-order chi connectivity index (χ1) is 20.6. The Morgan fingerprint density at radius 1 is 0.791 bits per heavy atom. The van der Waals surface area contributed by atoms with E-state index < -0.39 is 11.9 Å². The summed E-state index contributed by atoms with van der Waals surface area (Å²) in [5.74, 6) is -1.23. The Kier molecular flexibility index (Phi) is 30.3. The van der Waals surface area contributed by atoms with Crippen LogP contribution < -0.4 is 5.32 Å². The molecular formula is C35H61NO7. The van der Waals surface area contributed by atoms with Gasteiger partial charge in [0.25, 0.3) is 0 Å². The normalized spacial score (nSPS) is 10.4. The highest BCUT2D eigenvalue weighted by atomic mass is 16.5. The van der Waals surface area contributed by atoms with Crippen molar-refractivity contribution < 1.29 is 33.8 Å². The van der Waals surface area contributed by atoms with Gasteiger partial charge in [0.1, 0.15) is 19.4 Å². The number of benzene rings is 1. The summed E-state index contributed by atoms with van der Waals surface area (Å²) in [6, 6.07) is 9.51. The fraction of sp³-hybridized carbons (Fsp3) is 0.714. The lowest BCUT2D eigenvalue weighted by atomic mass is 10.0. The Bertz CT molecular complexity index is 806. The lowest BCUT2D eigenvalue weighted by molar-refractivity contribution is -0.145. The summed E-state index contributed by atoms with van der Waals surface area (Å²) in [6.07, 6.45) is 19.5.